The van der Waals surface area contributed by atoms with Gasteiger partial charge in [-0.2, -0.15) is 11.8 Å². The summed E-state index contributed by atoms with van der Waals surface area (Å²) in [6.07, 6.45) is 9.49. The summed E-state index contributed by atoms with van der Waals surface area (Å²) in [5.74, 6) is 1.03. The SMILES string of the molecule is O=C(CCCC[C@@H]1SC[C@@H]2NC(=O)N[C@@H]21)NCC1(O)CCCCCC1. The van der Waals surface area contributed by atoms with E-state index in [1.54, 1.807) is 0 Å². The monoisotopic (exact) mass is 369 g/mol. The number of unbranched alkanes of at least 4 members (excludes halogenated alkanes) is 1. The molecule has 3 fully saturated rings. The van der Waals surface area contributed by atoms with Crippen LogP contribution in [0.4, 0.5) is 4.79 Å². The van der Waals surface area contributed by atoms with Gasteiger partial charge in [-0.1, -0.05) is 32.1 Å². The molecule has 25 heavy (non-hydrogen) atoms. The lowest BCUT2D eigenvalue weighted by Gasteiger charge is -2.26. The van der Waals surface area contributed by atoms with Gasteiger partial charge in [0.2, 0.25) is 5.91 Å². The lowest BCUT2D eigenvalue weighted by Crippen LogP contribution is -2.42. The molecule has 6 nitrogen and oxygen atoms in total. The first-order valence-corrected chi connectivity index (χ1v) is 10.8. The van der Waals surface area contributed by atoms with Crippen LogP contribution in [0.1, 0.15) is 64.2 Å². The molecule has 7 heteroatoms. The summed E-state index contributed by atoms with van der Waals surface area (Å²) in [6, 6.07) is 0.470. The molecular weight excluding hydrogens is 338 g/mol. The number of hydrogen-bond acceptors (Lipinski definition) is 4. The number of urea groups is 1. The maximum atomic E-state index is 12.0. The Hall–Kier alpha value is -0.950. The molecule has 1 aliphatic carbocycles. The van der Waals surface area contributed by atoms with Crippen LogP contribution in [0.3, 0.4) is 0 Å². The van der Waals surface area contributed by atoms with Crippen LogP contribution in [-0.2, 0) is 4.79 Å². The number of hydrogen-bond donors (Lipinski definition) is 4. The molecule has 3 atom stereocenters. The van der Waals surface area contributed by atoms with Crippen molar-refractivity contribution in [3.63, 3.8) is 0 Å². The van der Waals surface area contributed by atoms with Gasteiger partial charge in [0.25, 0.3) is 0 Å². The Bertz CT molecular complexity index is 480. The van der Waals surface area contributed by atoms with Gasteiger partial charge < -0.3 is 21.1 Å². The van der Waals surface area contributed by atoms with Crippen LogP contribution in [-0.4, -0.2) is 52.3 Å². The first-order chi connectivity index (χ1) is 12.1. The molecule has 2 saturated heterocycles. The van der Waals surface area contributed by atoms with Crippen molar-refractivity contribution >= 4 is 23.7 Å². The zero-order valence-corrected chi connectivity index (χ0v) is 15.7. The van der Waals surface area contributed by atoms with Crippen molar-refractivity contribution in [2.75, 3.05) is 12.3 Å². The number of carbonyl (C=O) groups excluding carboxylic acids is 2. The number of carbonyl (C=O) groups is 2. The highest BCUT2D eigenvalue weighted by Crippen LogP contribution is 2.33. The lowest BCUT2D eigenvalue weighted by molar-refractivity contribution is -0.122. The minimum Gasteiger partial charge on any atom is -0.388 e. The summed E-state index contributed by atoms with van der Waals surface area (Å²) >= 11 is 1.91. The van der Waals surface area contributed by atoms with Gasteiger partial charge >= 0.3 is 6.03 Å². The van der Waals surface area contributed by atoms with E-state index in [0.717, 1.165) is 50.7 Å². The highest BCUT2D eigenvalue weighted by Gasteiger charge is 2.42. The molecule has 2 aliphatic heterocycles. The van der Waals surface area contributed by atoms with Crippen molar-refractivity contribution in [1.29, 1.82) is 0 Å². The molecule has 4 N–H and O–H groups in total. The second-order valence-corrected chi connectivity index (χ2v) is 9.06. The Labute approximate surface area is 154 Å². The zero-order chi connectivity index (χ0) is 17.7. The number of thioether (sulfide) groups is 1. The summed E-state index contributed by atoms with van der Waals surface area (Å²) in [6.45, 7) is 0.395. The van der Waals surface area contributed by atoms with Crippen molar-refractivity contribution < 1.29 is 14.7 Å². The van der Waals surface area contributed by atoms with Crippen molar-refractivity contribution in [3.05, 3.63) is 0 Å². The zero-order valence-electron chi connectivity index (χ0n) is 14.9. The number of aliphatic hydroxyl groups is 1. The van der Waals surface area contributed by atoms with Gasteiger partial charge in [0, 0.05) is 24.0 Å². The van der Waals surface area contributed by atoms with E-state index in [0.29, 0.717) is 18.2 Å². The van der Waals surface area contributed by atoms with Gasteiger partial charge in [0.1, 0.15) is 0 Å². The van der Waals surface area contributed by atoms with E-state index in [2.05, 4.69) is 16.0 Å². The Morgan fingerprint density at radius 3 is 2.72 bits per heavy atom. The molecule has 0 aromatic heterocycles. The molecule has 142 valence electrons. The summed E-state index contributed by atoms with van der Waals surface area (Å²) in [5, 5.41) is 19.9. The average molecular weight is 370 g/mol. The predicted molar refractivity (Wildman–Crippen MR) is 99.6 cm³/mol. The second kappa shape index (κ2) is 8.62. The van der Waals surface area contributed by atoms with Crippen LogP contribution in [0.25, 0.3) is 0 Å². The van der Waals surface area contributed by atoms with Gasteiger partial charge in [-0.25, -0.2) is 4.79 Å². The highest BCUT2D eigenvalue weighted by atomic mass is 32.2. The molecule has 0 unspecified atom stereocenters. The molecule has 0 aromatic carbocycles. The molecule has 0 aromatic rings. The summed E-state index contributed by atoms with van der Waals surface area (Å²) < 4.78 is 0. The number of fused-ring (bicyclic) bond motifs is 1. The van der Waals surface area contributed by atoms with E-state index in [4.69, 9.17) is 0 Å². The topological polar surface area (TPSA) is 90.5 Å². The smallest absolute Gasteiger partial charge is 0.315 e. The molecular formula is C18H31N3O3S. The van der Waals surface area contributed by atoms with Gasteiger partial charge in [-0.15, -0.1) is 0 Å². The Kier molecular flexibility index (Phi) is 6.49. The van der Waals surface area contributed by atoms with Crippen molar-refractivity contribution in [3.8, 4) is 0 Å². The molecule has 3 amide bonds. The Morgan fingerprint density at radius 1 is 1.20 bits per heavy atom. The van der Waals surface area contributed by atoms with Crippen molar-refractivity contribution in [2.45, 2.75) is 87.1 Å². The third-order valence-electron chi connectivity index (χ3n) is 5.73. The van der Waals surface area contributed by atoms with Crippen LogP contribution < -0.4 is 16.0 Å². The lowest BCUT2D eigenvalue weighted by atomic mass is 9.94. The highest BCUT2D eigenvalue weighted by molar-refractivity contribution is 8.00. The normalized spacial score (nSPS) is 30.9. The van der Waals surface area contributed by atoms with Crippen LogP contribution in [0.5, 0.6) is 0 Å². The third kappa shape index (κ3) is 5.26. The maximum absolute atomic E-state index is 12.0. The van der Waals surface area contributed by atoms with E-state index < -0.39 is 5.60 Å². The predicted octanol–water partition coefficient (Wildman–Crippen LogP) is 1.91. The fraction of sp³-hybridized carbons (Fsp3) is 0.889. The van der Waals surface area contributed by atoms with E-state index in [1.165, 1.54) is 12.8 Å². The largest absolute Gasteiger partial charge is 0.388 e. The fourth-order valence-corrected chi connectivity index (χ4v) is 5.73. The van der Waals surface area contributed by atoms with E-state index in [9.17, 15) is 14.7 Å². The number of rotatable bonds is 7. The standard InChI is InChI=1S/C18H31N3O3S/c22-15(19-12-18(24)9-5-1-2-6-10-18)8-4-3-7-14-16-13(11-25-14)20-17(23)21-16/h13-14,16,24H,1-12H2,(H,19,22)(H2,20,21,23)/t13-,14-,16-/m0/s1. The number of nitrogens with one attached hydrogen (secondary N) is 3. The van der Waals surface area contributed by atoms with Crippen LogP contribution in [0.2, 0.25) is 0 Å². The molecule has 2 heterocycles. The van der Waals surface area contributed by atoms with Crippen LogP contribution in [0.15, 0.2) is 0 Å². The minimum absolute atomic E-state index is 0.0453. The third-order valence-corrected chi connectivity index (χ3v) is 7.24. The molecule has 1 saturated carbocycles. The van der Waals surface area contributed by atoms with E-state index >= 15 is 0 Å². The Balaban J connectivity index is 1.28. The molecule has 0 bridgehead atoms. The van der Waals surface area contributed by atoms with Gasteiger partial charge in [-0.3, -0.25) is 4.79 Å². The first kappa shape index (κ1) is 18.8. The molecule has 3 rings (SSSR count). The number of amides is 3. The van der Waals surface area contributed by atoms with Crippen molar-refractivity contribution in [1.82, 2.24) is 16.0 Å². The van der Waals surface area contributed by atoms with E-state index in [-0.39, 0.29) is 24.0 Å². The quantitative estimate of drug-likeness (QED) is 0.313. The van der Waals surface area contributed by atoms with Crippen LogP contribution in [0, 0.1) is 0 Å². The summed E-state index contributed by atoms with van der Waals surface area (Å²) in [7, 11) is 0. The van der Waals surface area contributed by atoms with Gasteiger partial charge in [0.15, 0.2) is 0 Å². The molecule has 3 aliphatic rings. The minimum atomic E-state index is -0.699. The van der Waals surface area contributed by atoms with E-state index in [1.807, 2.05) is 11.8 Å². The van der Waals surface area contributed by atoms with Gasteiger partial charge in [-0.05, 0) is 25.7 Å². The Morgan fingerprint density at radius 2 is 1.96 bits per heavy atom. The first-order valence-electron chi connectivity index (χ1n) is 9.73. The average Bonchev–Trinajstić information content (AvgIpc) is 3.04. The maximum Gasteiger partial charge on any atom is 0.315 e. The molecule has 0 spiro atoms. The van der Waals surface area contributed by atoms with Crippen molar-refractivity contribution in [2.24, 2.45) is 0 Å². The van der Waals surface area contributed by atoms with Crippen LogP contribution >= 0.6 is 11.8 Å². The summed E-state index contributed by atoms with van der Waals surface area (Å²) in [5.41, 5.74) is -0.699. The molecule has 0 radical (unpaired) electrons. The van der Waals surface area contributed by atoms with Gasteiger partial charge in [0.05, 0.1) is 17.7 Å². The second-order valence-electron chi connectivity index (χ2n) is 7.78. The fourth-order valence-electron chi connectivity index (χ4n) is 4.19. The summed E-state index contributed by atoms with van der Waals surface area (Å²) in [4.78, 5) is 23.4.